The molecule has 0 aliphatic carbocycles. The maximum Gasteiger partial charge on any atom is 0.306 e. The zero-order chi connectivity index (χ0) is 52.6. The molecule has 0 fully saturated rings. The molecule has 1 unspecified atom stereocenters. The predicted molar refractivity (Wildman–Crippen MR) is 312 cm³/mol. The molecule has 2 atom stereocenters. The van der Waals surface area contributed by atoms with E-state index in [1.54, 1.807) is 0 Å². The quantitative estimate of drug-likeness (QED) is 0.0343. The van der Waals surface area contributed by atoms with Crippen LogP contribution in [-0.2, 0) is 28.6 Å². The third kappa shape index (κ3) is 57.7. The van der Waals surface area contributed by atoms with E-state index in [0.29, 0.717) is 19.3 Å². The van der Waals surface area contributed by atoms with E-state index in [9.17, 15) is 14.4 Å². The minimum atomic E-state index is -0.765. The van der Waals surface area contributed by atoms with Crippen molar-refractivity contribution in [2.24, 2.45) is 17.8 Å². The Morgan fingerprint density at radius 1 is 0.278 bits per heavy atom. The third-order valence-electron chi connectivity index (χ3n) is 15.5. The molecule has 0 aliphatic rings. The van der Waals surface area contributed by atoms with Gasteiger partial charge in [0, 0.05) is 19.3 Å². The summed E-state index contributed by atoms with van der Waals surface area (Å²) >= 11 is 0. The van der Waals surface area contributed by atoms with Gasteiger partial charge in [-0.05, 0) is 37.0 Å². The van der Waals surface area contributed by atoms with Crippen molar-refractivity contribution in [3.63, 3.8) is 0 Å². The van der Waals surface area contributed by atoms with Crippen molar-refractivity contribution in [2.75, 3.05) is 13.2 Å². The van der Waals surface area contributed by atoms with Gasteiger partial charge in [0.25, 0.3) is 0 Å². The van der Waals surface area contributed by atoms with E-state index >= 15 is 0 Å². The van der Waals surface area contributed by atoms with Gasteiger partial charge in [0.05, 0.1) is 0 Å². The van der Waals surface area contributed by atoms with Crippen LogP contribution in [0.15, 0.2) is 0 Å². The molecule has 0 aromatic heterocycles. The first kappa shape index (κ1) is 70.4. The molecule has 0 rings (SSSR count). The van der Waals surface area contributed by atoms with Crippen LogP contribution in [0.3, 0.4) is 0 Å². The lowest BCUT2D eigenvalue weighted by atomic mass is 9.99. The third-order valence-corrected chi connectivity index (χ3v) is 15.5. The van der Waals surface area contributed by atoms with E-state index < -0.39 is 6.10 Å². The first-order valence-corrected chi connectivity index (χ1v) is 32.6. The zero-order valence-corrected chi connectivity index (χ0v) is 49.7. The van der Waals surface area contributed by atoms with Crippen molar-refractivity contribution in [2.45, 2.75) is 375 Å². The molecule has 0 saturated carbocycles. The number of esters is 3. The van der Waals surface area contributed by atoms with E-state index in [1.165, 1.54) is 250 Å². The molecule has 0 radical (unpaired) electrons. The lowest BCUT2D eigenvalue weighted by molar-refractivity contribution is -0.167. The van der Waals surface area contributed by atoms with Crippen LogP contribution in [0.4, 0.5) is 0 Å². The van der Waals surface area contributed by atoms with Gasteiger partial charge in [0.1, 0.15) is 13.2 Å². The summed E-state index contributed by atoms with van der Waals surface area (Å²) in [6.07, 6.45) is 62.6. The second kappa shape index (κ2) is 57.1. The Morgan fingerprint density at radius 2 is 0.486 bits per heavy atom. The smallest absolute Gasteiger partial charge is 0.306 e. The Bertz CT molecular complexity index is 1120. The van der Waals surface area contributed by atoms with Gasteiger partial charge < -0.3 is 14.2 Å². The molecule has 0 amide bonds. The number of hydrogen-bond acceptors (Lipinski definition) is 6. The molecule has 6 heteroatoms. The highest BCUT2D eigenvalue weighted by Gasteiger charge is 2.19. The van der Waals surface area contributed by atoms with Crippen LogP contribution in [0, 0.1) is 17.8 Å². The molecule has 0 aromatic carbocycles. The Balaban J connectivity index is 4.20. The largest absolute Gasteiger partial charge is 0.462 e. The summed E-state index contributed by atoms with van der Waals surface area (Å²) in [5.41, 5.74) is 0. The summed E-state index contributed by atoms with van der Waals surface area (Å²) in [7, 11) is 0. The molecule has 0 aliphatic heterocycles. The average Bonchev–Trinajstić information content (AvgIpc) is 3.36. The number of rotatable bonds is 59. The highest BCUT2D eigenvalue weighted by atomic mass is 16.6. The SMILES string of the molecule is CCC(C)CCCCCCCCCCCCCCCCCCCCC(=O)OC[C@H](COC(=O)CCCCCCCCCCC(C)C)OC(=O)CCCCCCCCCCCCCCCCCCCCC(C)C. The van der Waals surface area contributed by atoms with Gasteiger partial charge in [-0.1, -0.05) is 330 Å². The van der Waals surface area contributed by atoms with Crippen molar-refractivity contribution in [1.82, 2.24) is 0 Å². The second-order valence-electron chi connectivity index (χ2n) is 24.0. The van der Waals surface area contributed by atoms with Gasteiger partial charge in [0.15, 0.2) is 6.10 Å². The maximum atomic E-state index is 12.9. The molecule has 0 bridgehead atoms. The number of carbonyl (C=O) groups is 3. The molecule has 6 nitrogen and oxygen atoms in total. The van der Waals surface area contributed by atoms with E-state index in [0.717, 1.165) is 75.5 Å². The highest BCUT2D eigenvalue weighted by molar-refractivity contribution is 5.71. The summed E-state index contributed by atoms with van der Waals surface area (Å²) in [6, 6.07) is 0. The second-order valence-corrected chi connectivity index (χ2v) is 24.0. The Hall–Kier alpha value is -1.59. The Morgan fingerprint density at radius 3 is 0.722 bits per heavy atom. The molecule has 0 N–H and O–H groups in total. The summed E-state index contributed by atoms with van der Waals surface area (Å²) in [5.74, 6) is 1.73. The molecule has 0 spiro atoms. The van der Waals surface area contributed by atoms with Crippen LogP contribution in [0.2, 0.25) is 0 Å². The maximum absolute atomic E-state index is 12.9. The van der Waals surface area contributed by atoms with E-state index in [-0.39, 0.29) is 31.1 Å². The standard InChI is InChI=1S/C66H128O6/c1-7-62(6)54-48-42-36-29-25-21-17-13-9-11-14-18-22-26-30-37-43-49-55-64(67)70-58-63(59-71-65(68)56-50-44-38-33-32-35-41-47-53-61(4)5)72-66(69)57-51-45-39-31-27-23-19-15-10-8-12-16-20-24-28-34-40-46-52-60(2)3/h60-63H,7-59H2,1-6H3/t62?,63-/m1/s1. The van der Waals surface area contributed by atoms with Crippen LogP contribution in [0.5, 0.6) is 0 Å². The predicted octanol–water partition coefficient (Wildman–Crippen LogP) is 21.8. The summed E-state index contributed by atoms with van der Waals surface area (Å²) in [5, 5.41) is 0. The van der Waals surface area contributed by atoms with Gasteiger partial charge >= 0.3 is 17.9 Å². The first-order valence-electron chi connectivity index (χ1n) is 32.6. The monoisotopic (exact) mass is 1020 g/mol. The fraction of sp³-hybridized carbons (Fsp3) is 0.955. The molecule has 72 heavy (non-hydrogen) atoms. The van der Waals surface area contributed by atoms with Gasteiger partial charge in [-0.25, -0.2) is 0 Å². The topological polar surface area (TPSA) is 78.9 Å². The van der Waals surface area contributed by atoms with Crippen LogP contribution in [0.25, 0.3) is 0 Å². The van der Waals surface area contributed by atoms with E-state index in [4.69, 9.17) is 14.2 Å². The van der Waals surface area contributed by atoms with Crippen LogP contribution in [0.1, 0.15) is 369 Å². The molecule has 0 aromatic rings. The fourth-order valence-corrected chi connectivity index (χ4v) is 10.2. The number of ether oxygens (including phenoxy) is 3. The van der Waals surface area contributed by atoms with Gasteiger partial charge in [0.2, 0.25) is 0 Å². The molecule has 428 valence electrons. The minimum absolute atomic E-state index is 0.0630. The lowest BCUT2D eigenvalue weighted by Crippen LogP contribution is -2.30. The summed E-state index contributed by atoms with van der Waals surface area (Å²) in [4.78, 5) is 38.3. The van der Waals surface area contributed by atoms with Crippen molar-refractivity contribution >= 4 is 17.9 Å². The first-order chi connectivity index (χ1) is 35.1. The van der Waals surface area contributed by atoms with Crippen molar-refractivity contribution in [3.8, 4) is 0 Å². The fourth-order valence-electron chi connectivity index (χ4n) is 10.2. The van der Waals surface area contributed by atoms with Gasteiger partial charge in [-0.2, -0.15) is 0 Å². The Kier molecular flexibility index (Phi) is 55.9. The van der Waals surface area contributed by atoms with Crippen molar-refractivity contribution < 1.29 is 28.6 Å². The van der Waals surface area contributed by atoms with E-state index in [2.05, 4.69) is 41.5 Å². The van der Waals surface area contributed by atoms with Gasteiger partial charge in [-0.3, -0.25) is 14.4 Å². The lowest BCUT2D eigenvalue weighted by Gasteiger charge is -2.18. The summed E-state index contributed by atoms with van der Waals surface area (Å²) in [6.45, 7) is 13.8. The molecular weight excluding hydrogens is 889 g/mol. The van der Waals surface area contributed by atoms with Crippen LogP contribution in [-0.4, -0.2) is 37.2 Å². The van der Waals surface area contributed by atoms with E-state index in [1.807, 2.05) is 0 Å². The number of carbonyl (C=O) groups excluding carboxylic acids is 3. The Labute approximate surface area is 450 Å². The number of hydrogen-bond donors (Lipinski definition) is 0. The van der Waals surface area contributed by atoms with Crippen molar-refractivity contribution in [1.29, 1.82) is 0 Å². The number of unbranched alkanes of at least 4 members (excludes halogenated alkanes) is 41. The normalized spacial score (nSPS) is 12.5. The minimum Gasteiger partial charge on any atom is -0.462 e. The van der Waals surface area contributed by atoms with Crippen LogP contribution < -0.4 is 0 Å². The van der Waals surface area contributed by atoms with Crippen molar-refractivity contribution in [3.05, 3.63) is 0 Å². The van der Waals surface area contributed by atoms with Gasteiger partial charge in [-0.15, -0.1) is 0 Å². The van der Waals surface area contributed by atoms with Crippen LogP contribution >= 0.6 is 0 Å². The summed E-state index contributed by atoms with van der Waals surface area (Å²) < 4.78 is 16.9. The highest BCUT2D eigenvalue weighted by Crippen LogP contribution is 2.20. The average molecular weight is 1020 g/mol. The molecular formula is C66H128O6. The molecule has 0 saturated heterocycles. The molecule has 0 heterocycles. The zero-order valence-electron chi connectivity index (χ0n) is 49.7.